The highest BCUT2D eigenvalue weighted by atomic mass is 16.3. The number of fused-ring (bicyclic) bond motifs is 1. The van der Waals surface area contributed by atoms with Gasteiger partial charge in [0.25, 0.3) is 0 Å². The predicted molar refractivity (Wildman–Crippen MR) is 281 cm³/mol. The van der Waals surface area contributed by atoms with Crippen LogP contribution in [0.2, 0.25) is 0 Å². The molecule has 8 rings (SSSR count). The van der Waals surface area contributed by atoms with Gasteiger partial charge in [0.2, 0.25) is 0 Å². The van der Waals surface area contributed by atoms with Crippen molar-refractivity contribution in [2.24, 2.45) is 5.41 Å². The minimum Gasteiger partial charge on any atom is -0.507 e. The Kier molecular flexibility index (Phi) is 9.51. The average molecular weight is 879 g/mol. The first-order valence-electron chi connectivity index (χ1n) is 26.6. The summed E-state index contributed by atoms with van der Waals surface area (Å²) >= 11 is 0. The quantitative estimate of drug-likeness (QED) is 0.174. The zero-order valence-electron chi connectivity index (χ0n) is 48.3. The number of phenolic OH excluding ortho intramolecular Hbond substituents is 1. The standard InChI is InChI=1S/C62H69N3O/c1-39-24-26-40(27-25-39)42-30-31-63-52(35-42)44-32-43(33-46(34-44)58(2,3)4)48-22-19-23-54-55(48)64-57(50-37-47(59(5,6)7)38-51(56(50)66)60(8,9)10)65(54)53-29-28-45(62(14,15)61(11,12)13)36-49(53)41-20-17-16-18-21-41/h16-38,66H,1-15H3/i1D3,24D,25D,26D,27D. The second-order valence-electron chi connectivity index (χ2n) is 22.6. The van der Waals surface area contributed by atoms with Gasteiger partial charge < -0.3 is 5.11 Å². The molecule has 0 atom stereocenters. The highest BCUT2D eigenvalue weighted by Gasteiger charge is 2.36. The number of para-hydroxylation sites is 1. The van der Waals surface area contributed by atoms with Crippen LogP contribution >= 0.6 is 0 Å². The predicted octanol–water partition coefficient (Wildman–Crippen LogP) is 17.0. The monoisotopic (exact) mass is 879 g/mol. The van der Waals surface area contributed by atoms with Crippen LogP contribution in [0, 0.1) is 12.3 Å². The van der Waals surface area contributed by atoms with Gasteiger partial charge in [-0.3, -0.25) is 9.55 Å². The number of aromatic nitrogens is 3. The molecular formula is C62H69N3O. The third-order valence-electron chi connectivity index (χ3n) is 13.7. The Hall–Kier alpha value is -6.26. The van der Waals surface area contributed by atoms with Crippen LogP contribution in [0.1, 0.15) is 134 Å². The second kappa shape index (κ2) is 16.6. The normalized spacial score (nSPS) is 14.5. The first-order valence-corrected chi connectivity index (χ1v) is 23.1. The van der Waals surface area contributed by atoms with Gasteiger partial charge in [-0.1, -0.05) is 187 Å². The summed E-state index contributed by atoms with van der Waals surface area (Å²) in [6, 6.07) is 35.4. The van der Waals surface area contributed by atoms with E-state index in [2.05, 4.69) is 192 Å². The molecule has 0 aliphatic carbocycles. The number of benzene rings is 6. The molecule has 4 heteroatoms. The summed E-state index contributed by atoms with van der Waals surface area (Å²) < 4.78 is 61.1. The molecule has 0 bridgehead atoms. The summed E-state index contributed by atoms with van der Waals surface area (Å²) in [6.45, 7) is 28.0. The van der Waals surface area contributed by atoms with Crippen molar-refractivity contribution < 1.29 is 14.7 Å². The molecule has 6 aromatic carbocycles. The summed E-state index contributed by atoms with van der Waals surface area (Å²) in [5.41, 5.74) is 10.9. The SMILES string of the molecule is [2H]c1c([2H])c(C([2H])([2H])[2H])c([2H])c([2H])c1-c1ccnc(-c2cc(-c3cccc4c3nc(-c3cc(C(C)(C)C)cc(C(C)(C)C)c3O)n4-c3ccc(C(C)(C)C(C)(C)C)cc3-c3ccccc3)cc(C(C)(C)C)c2)c1. The molecule has 0 unspecified atom stereocenters. The average Bonchev–Trinajstić information content (AvgIpc) is 3.69. The first kappa shape index (κ1) is 37.9. The number of hydrogen-bond acceptors (Lipinski definition) is 3. The summed E-state index contributed by atoms with van der Waals surface area (Å²) in [5.74, 6) is 0.783. The Morgan fingerprint density at radius 1 is 0.530 bits per heavy atom. The van der Waals surface area contributed by atoms with Crippen molar-refractivity contribution in [3.05, 3.63) is 167 Å². The van der Waals surface area contributed by atoms with E-state index >= 15 is 0 Å². The number of rotatable bonds is 7. The van der Waals surface area contributed by atoms with Gasteiger partial charge in [-0.2, -0.15) is 0 Å². The van der Waals surface area contributed by atoms with E-state index < -0.39 is 42.0 Å². The van der Waals surface area contributed by atoms with Crippen LogP contribution in [0.3, 0.4) is 0 Å². The van der Waals surface area contributed by atoms with Gasteiger partial charge in [0.15, 0.2) is 0 Å². The Morgan fingerprint density at radius 2 is 1.18 bits per heavy atom. The largest absolute Gasteiger partial charge is 0.507 e. The smallest absolute Gasteiger partial charge is 0.149 e. The molecule has 0 aliphatic rings. The highest BCUT2D eigenvalue weighted by Crippen LogP contribution is 2.48. The molecule has 0 saturated heterocycles. The lowest BCUT2D eigenvalue weighted by Crippen LogP contribution is -2.34. The lowest BCUT2D eigenvalue weighted by molar-refractivity contribution is 0.225. The third kappa shape index (κ3) is 8.75. The van der Waals surface area contributed by atoms with E-state index in [0.29, 0.717) is 22.6 Å². The van der Waals surface area contributed by atoms with Crippen molar-refractivity contribution in [1.29, 1.82) is 0 Å². The molecule has 0 aliphatic heterocycles. The van der Waals surface area contributed by atoms with Crippen molar-refractivity contribution in [3.63, 3.8) is 0 Å². The zero-order valence-corrected chi connectivity index (χ0v) is 41.3. The van der Waals surface area contributed by atoms with E-state index in [9.17, 15) is 5.11 Å². The van der Waals surface area contributed by atoms with Gasteiger partial charge in [0, 0.05) is 32.6 Å². The fraction of sp³-hybridized carbons (Fsp3) is 0.323. The minimum absolute atomic E-state index is 0.0000359. The summed E-state index contributed by atoms with van der Waals surface area (Å²) in [7, 11) is 0. The zero-order chi connectivity index (χ0) is 53.7. The maximum atomic E-state index is 12.7. The van der Waals surface area contributed by atoms with Crippen LogP contribution in [-0.4, -0.2) is 19.6 Å². The number of nitrogens with zero attached hydrogens (tertiary/aromatic N) is 3. The van der Waals surface area contributed by atoms with Crippen molar-refractivity contribution in [1.82, 2.24) is 14.5 Å². The minimum atomic E-state index is -2.82. The van der Waals surface area contributed by atoms with Crippen molar-refractivity contribution in [2.45, 2.75) is 125 Å². The summed E-state index contributed by atoms with van der Waals surface area (Å²) in [6.07, 6.45) is 1.58. The Balaban J connectivity index is 1.45. The maximum absolute atomic E-state index is 12.7. The van der Waals surface area contributed by atoms with Gasteiger partial charge in [0.1, 0.15) is 11.6 Å². The van der Waals surface area contributed by atoms with Crippen LogP contribution in [0.25, 0.3) is 72.7 Å². The number of phenols is 1. The molecule has 2 aromatic heterocycles. The van der Waals surface area contributed by atoms with Gasteiger partial charge in [-0.25, -0.2) is 4.98 Å². The van der Waals surface area contributed by atoms with E-state index in [-0.39, 0.29) is 33.0 Å². The van der Waals surface area contributed by atoms with Crippen LogP contribution in [-0.2, 0) is 21.7 Å². The number of imidazole rings is 1. The van der Waals surface area contributed by atoms with Crippen LogP contribution < -0.4 is 0 Å². The molecule has 2 heterocycles. The molecule has 0 radical (unpaired) electrons. The number of aromatic hydroxyl groups is 1. The van der Waals surface area contributed by atoms with Crippen molar-refractivity contribution in [2.75, 3.05) is 0 Å². The maximum Gasteiger partial charge on any atom is 0.149 e. The first-order chi connectivity index (χ1) is 33.7. The van der Waals surface area contributed by atoms with E-state index in [1.54, 1.807) is 18.3 Å². The Labute approximate surface area is 404 Å². The van der Waals surface area contributed by atoms with Crippen molar-refractivity contribution in [3.8, 4) is 67.5 Å². The van der Waals surface area contributed by atoms with E-state index in [1.165, 1.54) is 5.56 Å². The van der Waals surface area contributed by atoms with Gasteiger partial charge in [-0.05, 0) is 121 Å². The summed E-state index contributed by atoms with van der Waals surface area (Å²) in [4.78, 5) is 10.5. The molecule has 1 N–H and O–H groups in total. The molecule has 66 heavy (non-hydrogen) atoms. The molecule has 0 fully saturated rings. The topological polar surface area (TPSA) is 50.9 Å². The van der Waals surface area contributed by atoms with E-state index in [4.69, 9.17) is 19.6 Å². The Morgan fingerprint density at radius 3 is 1.82 bits per heavy atom. The van der Waals surface area contributed by atoms with Gasteiger partial charge in [-0.15, -0.1) is 0 Å². The fourth-order valence-corrected chi connectivity index (χ4v) is 8.53. The Bertz CT molecular complexity index is 3420. The lowest BCUT2D eigenvalue weighted by atomic mass is 9.65. The molecule has 0 saturated carbocycles. The van der Waals surface area contributed by atoms with Gasteiger partial charge in [0.05, 0.1) is 33.5 Å². The molecule has 0 spiro atoms. The molecule has 338 valence electrons. The van der Waals surface area contributed by atoms with Gasteiger partial charge >= 0.3 is 0 Å². The molecular weight excluding hydrogens is 803 g/mol. The lowest BCUT2D eigenvalue weighted by Gasteiger charge is -2.40. The summed E-state index contributed by atoms with van der Waals surface area (Å²) in [5, 5.41) is 12.7. The number of hydrogen-bond donors (Lipinski definition) is 1. The fourth-order valence-electron chi connectivity index (χ4n) is 8.53. The molecule has 8 aromatic rings. The second-order valence-corrected chi connectivity index (χ2v) is 22.6. The third-order valence-corrected chi connectivity index (χ3v) is 13.7. The highest BCUT2D eigenvalue weighted by molar-refractivity contribution is 5.98. The molecule has 4 nitrogen and oxygen atoms in total. The number of pyridine rings is 1. The van der Waals surface area contributed by atoms with Crippen LogP contribution in [0.15, 0.2) is 140 Å². The van der Waals surface area contributed by atoms with E-state index in [0.717, 1.165) is 61.2 Å². The van der Waals surface area contributed by atoms with Crippen LogP contribution in [0.5, 0.6) is 5.75 Å². The van der Waals surface area contributed by atoms with E-state index in [1.807, 2.05) is 6.07 Å². The van der Waals surface area contributed by atoms with Crippen LogP contribution in [0.4, 0.5) is 0 Å². The van der Waals surface area contributed by atoms with Crippen molar-refractivity contribution >= 4 is 11.0 Å². The molecule has 0 amide bonds.